The second kappa shape index (κ2) is 7.02. The zero-order valence-electron chi connectivity index (χ0n) is 13.4. The molecule has 3 rings (SSSR count). The highest BCUT2D eigenvalue weighted by Crippen LogP contribution is 2.40. The van der Waals surface area contributed by atoms with E-state index in [0.717, 1.165) is 10.9 Å². The Morgan fingerprint density at radius 2 is 1.59 bits per heavy atom. The molecule has 22 heavy (non-hydrogen) atoms. The van der Waals surface area contributed by atoms with E-state index in [1.165, 1.54) is 43.0 Å². The summed E-state index contributed by atoms with van der Waals surface area (Å²) >= 11 is 6.02. The van der Waals surface area contributed by atoms with Crippen molar-refractivity contribution >= 4 is 24.9 Å². The third-order valence-corrected chi connectivity index (χ3v) is 11.2. The highest BCUT2D eigenvalue weighted by atomic mass is 35.5. The second-order valence-corrected chi connectivity index (χ2v) is 11.8. The molecular formula is C20H25ClSi. The van der Waals surface area contributed by atoms with Crippen LogP contribution in [0.4, 0.5) is 0 Å². The van der Waals surface area contributed by atoms with E-state index in [2.05, 4.69) is 49.4 Å². The minimum Gasteiger partial charge on any atom is -0.0843 e. The van der Waals surface area contributed by atoms with Crippen LogP contribution in [0.5, 0.6) is 0 Å². The molecule has 0 unspecified atom stereocenters. The van der Waals surface area contributed by atoms with E-state index in [9.17, 15) is 0 Å². The largest absolute Gasteiger partial charge is 0.0867 e. The average Bonchev–Trinajstić information content (AvgIpc) is 2.57. The lowest BCUT2D eigenvalue weighted by Gasteiger charge is -2.39. The van der Waals surface area contributed by atoms with Crippen LogP contribution in [-0.4, -0.2) is 8.07 Å². The first-order chi connectivity index (χ1) is 10.7. The SMILES string of the molecule is CCC[Si]1(c2ccccc2)CCC(c2ccc(Cl)cc2)CC1. The lowest BCUT2D eigenvalue weighted by atomic mass is 9.93. The van der Waals surface area contributed by atoms with Gasteiger partial charge in [-0.3, -0.25) is 0 Å². The van der Waals surface area contributed by atoms with Gasteiger partial charge in [0.2, 0.25) is 0 Å². The van der Waals surface area contributed by atoms with E-state index < -0.39 is 8.07 Å². The molecule has 2 aromatic carbocycles. The van der Waals surface area contributed by atoms with Crippen molar-refractivity contribution in [2.45, 2.75) is 50.2 Å². The van der Waals surface area contributed by atoms with E-state index in [1.807, 2.05) is 12.1 Å². The number of hydrogen-bond donors (Lipinski definition) is 0. The molecule has 2 aromatic rings. The van der Waals surface area contributed by atoms with E-state index >= 15 is 0 Å². The fourth-order valence-corrected chi connectivity index (χ4v) is 9.59. The summed E-state index contributed by atoms with van der Waals surface area (Å²) in [5.41, 5.74) is 1.48. The molecular weight excluding hydrogens is 304 g/mol. The molecule has 1 saturated heterocycles. The average molecular weight is 329 g/mol. The summed E-state index contributed by atoms with van der Waals surface area (Å²) in [4.78, 5) is 0. The van der Waals surface area contributed by atoms with Crippen molar-refractivity contribution in [3.8, 4) is 0 Å². The summed E-state index contributed by atoms with van der Waals surface area (Å²) in [6, 6.07) is 24.3. The van der Waals surface area contributed by atoms with Crippen molar-refractivity contribution in [3.63, 3.8) is 0 Å². The molecule has 1 fully saturated rings. The standard InChI is InChI=1S/C20H25ClSi/c1-2-14-22(20-6-4-3-5-7-20)15-12-18(13-16-22)17-8-10-19(21)11-9-17/h3-11,18H,2,12-16H2,1H3. The Hall–Kier alpha value is -1.05. The normalized spacial score (nSPS) is 25.1. The molecule has 0 saturated carbocycles. The molecule has 1 heterocycles. The molecule has 0 aromatic heterocycles. The third kappa shape index (κ3) is 3.31. The molecule has 0 bridgehead atoms. The molecule has 0 N–H and O–H groups in total. The Bertz CT molecular complexity index is 583. The van der Waals surface area contributed by atoms with Gasteiger partial charge in [0.05, 0.1) is 8.07 Å². The summed E-state index contributed by atoms with van der Waals surface area (Å²) in [7, 11) is -1.27. The van der Waals surface area contributed by atoms with Crippen molar-refractivity contribution < 1.29 is 0 Å². The Labute approximate surface area is 140 Å². The summed E-state index contributed by atoms with van der Waals surface area (Å²) in [6.45, 7) is 2.35. The number of rotatable bonds is 4. The van der Waals surface area contributed by atoms with Gasteiger partial charge < -0.3 is 0 Å². The number of benzene rings is 2. The summed E-state index contributed by atoms with van der Waals surface area (Å²) in [6.07, 6.45) is 4.03. The summed E-state index contributed by atoms with van der Waals surface area (Å²) < 4.78 is 0. The van der Waals surface area contributed by atoms with Crippen molar-refractivity contribution in [1.29, 1.82) is 0 Å². The summed E-state index contributed by atoms with van der Waals surface area (Å²) in [5, 5.41) is 2.53. The van der Waals surface area contributed by atoms with Gasteiger partial charge in [-0.25, -0.2) is 0 Å². The van der Waals surface area contributed by atoms with Gasteiger partial charge in [-0.1, -0.05) is 90.7 Å². The van der Waals surface area contributed by atoms with Gasteiger partial charge in [0.1, 0.15) is 0 Å². The minimum atomic E-state index is -1.27. The smallest absolute Gasteiger partial charge is 0.0843 e. The third-order valence-electron chi connectivity index (χ3n) is 5.40. The van der Waals surface area contributed by atoms with Crippen molar-refractivity contribution in [1.82, 2.24) is 0 Å². The Morgan fingerprint density at radius 3 is 2.18 bits per heavy atom. The quantitative estimate of drug-likeness (QED) is 0.605. The first-order valence-corrected chi connectivity index (χ1v) is 11.5. The van der Waals surface area contributed by atoms with E-state index in [-0.39, 0.29) is 0 Å². The highest BCUT2D eigenvalue weighted by Gasteiger charge is 2.38. The number of halogens is 1. The molecule has 1 aliphatic rings. The fourth-order valence-electron chi connectivity index (χ4n) is 4.19. The highest BCUT2D eigenvalue weighted by molar-refractivity contribution is 6.92. The molecule has 2 heteroatoms. The van der Waals surface area contributed by atoms with Crippen LogP contribution in [0.2, 0.25) is 23.2 Å². The van der Waals surface area contributed by atoms with Crippen LogP contribution >= 0.6 is 11.6 Å². The summed E-state index contributed by atoms with van der Waals surface area (Å²) in [5.74, 6) is 0.735. The van der Waals surface area contributed by atoms with Crippen molar-refractivity contribution in [3.05, 3.63) is 65.2 Å². The van der Waals surface area contributed by atoms with Gasteiger partial charge in [-0.15, -0.1) is 0 Å². The van der Waals surface area contributed by atoms with E-state index in [1.54, 1.807) is 5.19 Å². The van der Waals surface area contributed by atoms with Gasteiger partial charge in [0, 0.05) is 5.02 Å². The first-order valence-electron chi connectivity index (χ1n) is 8.54. The van der Waals surface area contributed by atoms with Crippen LogP contribution in [0.3, 0.4) is 0 Å². The van der Waals surface area contributed by atoms with Gasteiger partial charge in [-0.05, 0) is 36.5 Å². The fraction of sp³-hybridized carbons (Fsp3) is 0.400. The van der Waals surface area contributed by atoms with Crippen LogP contribution < -0.4 is 5.19 Å². The Balaban J connectivity index is 1.76. The second-order valence-electron chi connectivity index (χ2n) is 6.72. The van der Waals surface area contributed by atoms with E-state index in [0.29, 0.717) is 0 Å². The minimum absolute atomic E-state index is 0.735. The maximum atomic E-state index is 6.02. The lowest BCUT2D eigenvalue weighted by molar-refractivity contribution is 0.600. The molecule has 0 nitrogen and oxygen atoms in total. The molecule has 116 valence electrons. The molecule has 0 amide bonds. The molecule has 0 atom stereocenters. The van der Waals surface area contributed by atoms with Crippen LogP contribution in [0.15, 0.2) is 54.6 Å². The maximum absolute atomic E-state index is 6.02. The van der Waals surface area contributed by atoms with Gasteiger partial charge in [0.15, 0.2) is 0 Å². The monoisotopic (exact) mass is 328 g/mol. The molecule has 0 spiro atoms. The van der Waals surface area contributed by atoms with Crippen LogP contribution in [0.25, 0.3) is 0 Å². The lowest BCUT2D eigenvalue weighted by Crippen LogP contribution is -2.49. The van der Waals surface area contributed by atoms with Crippen LogP contribution in [0.1, 0.15) is 37.7 Å². The zero-order valence-corrected chi connectivity index (χ0v) is 15.2. The maximum Gasteiger partial charge on any atom is 0.0867 e. The van der Waals surface area contributed by atoms with Gasteiger partial charge >= 0.3 is 0 Å². The van der Waals surface area contributed by atoms with Crippen LogP contribution in [0, 0.1) is 0 Å². The van der Waals surface area contributed by atoms with Crippen molar-refractivity contribution in [2.24, 2.45) is 0 Å². The zero-order chi connectivity index (χ0) is 15.4. The van der Waals surface area contributed by atoms with Gasteiger partial charge in [0.25, 0.3) is 0 Å². The van der Waals surface area contributed by atoms with Crippen molar-refractivity contribution in [2.75, 3.05) is 0 Å². The Kier molecular flexibility index (Phi) is 5.05. The molecule has 0 aliphatic carbocycles. The predicted octanol–water partition coefficient (Wildman–Crippen LogP) is 5.98. The Morgan fingerprint density at radius 1 is 0.955 bits per heavy atom. The molecule has 0 radical (unpaired) electrons. The molecule has 1 aliphatic heterocycles. The van der Waals surface area contributed by atoms with Gasteiger partial charge in [-0.2, -0.15) is 0 Å². The van der Waals surface area contributed by atoms with E-state index in [4.69, 9.17) is 11.6 Å². The van der Waals surface area contributed by atoms with Crippen LogP contribution in [-0.2, 0) is 0 Å². The predicted molar refractivity (Wildman–Crippen MR) is 100.0 cm³/mol. The number of hydrogen-bond acceptors (Lipinski definition) is 0. The topological polar surface area (TPSA) is 0 Å². The first kappa shape index (κ1) is 15.8.